The number of aromatic hydroxyl groups is 1. The number of aryl methyl sites for hydroxylation is 1. The van der Waals surface area contributed by atoms with Crippen LogP contribution in [-0.2, 0) is 4.74 Å². The van der Waals surface area contributed by atoms with Crippen molar-refractivity contribution < 1.29 is 19.4 Å². The number of aromatic nitrogens is 1. The van der Waals surface area contributed by atoms with Gasteiger partial charge in [0.25, 0.3) is 0 Å². The summed E-state index contributed by atoms with van der Waals surface area (Å²) in [5, 5.41) is 14.3. The molecular formula is C15H16BrN3O4S. The number of nitrogens with one attached hydrogen (secondary N) is 1. The zero-order chi connectivity index (χ0) is 17.7. The average Bonchev–Trinajstić information content (AvgIpc) is 2.91. The summed E-state index contributed by atoms with van der Waals surface area (Å²) < 4.78 is 10.5. The van der Waals surface area contributed by atoms with Gasteiger partial charge in [0.2, 0.25) is 5.13 Å². The monoisotopic (exact) mass is 413 g/mol. The Morgan fingerprint density at radius 3 is 2.96 bits per heavy atom. The molecule has 2 rings (SSSR count). The molecule has 9 heteroatoms. The Labute approximate surface area is 151 Å². The summed E-state index contributed by atoms with van der Waals surface area (Å²) in [5.74, 6) is -0.0329. The third-order valence-corrected chi connectivity index (χ3v) is 4.55. The number of thiazole rings is 1. The van der Waals surface area contributed by atoms with E-state index in [0.29, 0.717) is 38.1 Å². The van der Waals surface area contributed by atoms with Gasteiger partial charge in [-0.1, -0.05) is 11.3 Å². The van der Waals surface area contributed by atoms with Crippen LogP contribution in [0.3, 0.4) is 0 Å². The van der Waals surface area contributed by atoms with Crippen LogP contribution < -0.4 is 10.2 Å². The predicted octanol–water partition coefficient (Wildman–Crippen LogP) is 3.55. The minimum absolute atomic E-state index is 0.0252. The van der Waals surface area contributed by atoms with E-state index in [4.69, 9.17) is 9.47 Å². The molecule has 0 atom stereocenters. The van der Waals surface area contributed by atoms with Gasteiger partial charge in [-0.3, -0.25) is 5.43 Å². The standard InChI is InChI=1S/C15H16BrN3O4S/c1-4-23-14(21)13-8(2)18-15(24-13)19-17-7-9-5-10(16)12(20)11(6-9)22-3/h5-7,20H,4H2,1-3H3,(H,18,19)/b17-7+. The van der Waals surface area contributed by atoms with Crippen molar-refractivity contribution in [3.63, 3.8) is 0 Å². The minimum atomic E-state index is -0.392. The summed E-state index contributed by atoms with van der Waals surface area (Å²) >= 11 is 4.42. The topological polar surface area (TPSA) is 93.0 Å². The molecule has 0 bridgehead atoms. The molecule has 128 valence electrons. The zero-order valence-electron chi connectivity index (χ0n) is 13.3. The molecule has 7 nitrogen and oxygen atoms in total. The molecule has 0 spiro atoms. The summed E-state index contributed by atoms with van der Waals surface area (Å²) in [7, 11) is 1.47. The van der Waals surface area contributed by atoms with E-state index in [-0.39, 0.29) is 5.75 Å². The van der Waals surface area contributed by atoms with Crippen molar-refractivity contribution in [2.24, 2.45) is 5.10 Å². The van der Waals surface area contributed by atoms with Crippen LogP contribution in [0.15, 0.2) is 21.7 Å². The molecule has 0 aliphatic carbocycles. The number of carbonyl (C=O) groups excluding carboxylic acids is 1. The first-order chi connectivity index (χ1) is 11.5. The molecule has 0 radical (unpaired) electrons. The molecule has 0 unspecified atom stereocenters. The molecule has 0 aliphatic heterocycles. The van der Waals surface area contributed by atoms with Gasteiger partial charge in [-0.2, -0.15) is 5.10 Å². The molecule has 0 aliphatic rings. The molecule has 0 amide bonds. The largest absolute Gasteiger partial charge is 0.503 e. The zero-order valence-corrected chi connectivity index (χ0v) is 15.7. The fraction of sp³-hybridized carbons (Fsp3) is 0.267. The van der Waals surface area contributed by atoms with Crippen LogP contribution in [0, 0.1) is 6.92 Å². The number of methoxy groups -OCH3 is 1. The first-order valence-electron chi connectivity index (χ1n) is 6.96. The summed E-state index contributed by atoms with van der Waals surface area (Å²) in [6.45, 7) is 3.80. The molecule has 2 aromatic rings. The van der Waals surface area contributed by atoms with Gasteiger partial charge in [0.15, 0.2) is 11.5 Å². The lowest BCUT2D eigenvalue weighted by atomic mass is 10.2. The number of hydrazone groups is 1. The number of phenolic OH excluding ortho intramolecular Hbond substituents is 1. The van der Waals surface area contributed by atoms with E-state index in [0.717, 1.165) is 0 Å². The molecule has 24 heavy (non-hydrogen) atoms. The molecule has 1 aromatic heterocycles. The van der Waals surface area contributed by atoms with E-state index in [9.17, 15) is 9.90 Å². The number of esters is 1. The minimum Gasteiger partial charge on any atom is -0.503 e. The molecule has 1 heterocycles. The number of hydrogen-bond donors (Lipinski definition) is 2. The molecule has 0 fully saturated rings. The van der Waals surface area contributed by atoms with Gasteiger partial charge in [-0.25, -0.2) is 9.78 Å². The Balaban J connectivity index is 2.11. The summed E-state index contributed by atoms with van der Waals surface area (Å²) in [4.78, 5) is 16.4. The van der Waals surface area contributed by atoms with Crippen molar-refractivity contribution in [2.45, 2.75) is 13.8 Å². The van der Waals surface area contributed by atoms with E-state index in [1.165, 1.54) is 18.4 Å². The van der Waals surface area contributed by atoms with Gasteiger partial charge in [0.1, 0.15) is 4.88 Å². The number of anilines is 1. The molecule has 2 N–H and O–H groups in total. The van der Waals surface area contributed by atoms with Crippen LogP contribution in [0.1, 0.15) is 27.9 Å². The van der Waals surface area contributed by atoms with Crippen molar-refractivity contribution in [1.29, 1.82) is 0 Å². The Morgan fingerprint density at radius 2 is 2.29 bits per heavy atom. The maximum atomic E-state index is 11.8. The summed E-state index contributed by atoms with van der Waals surface area (Å²) in [5.41, 5.74) is 4.07. The van der Waals surface area contributed by atoms with Crippen LogP contribution in [0.5, 0.6) is 11.5 Å². The molecule has 0 saturated carbocycles. The van der Waals surface area contributed by atoms with Gasteiger partial charge in [0.05, 0.1) is 30.1 Å². The van der Waals surface area contributed by atoms with Gasteiger partial charge < -0.3 is 14.6 Å². The number of hydrogen-bond acceptors (Lipinski definition) is 8. The molecular weight excluding hydrogens is 398 g/mol. The number of nitrogens with zero attached hydrogens (tertiary/aromatic N) is 2. The molecule has 1 aromatic carbocycles. The van der Waals surface area contributed by atoms with Crippen LogP contribution >= 0.6 is 27.3 Å². The number of rotatable bonds is 6. The Kier molecular flexibility index (Phi) is 6.16. The highest BCUT2D eigenvalue weighted by atomic mass is 79.9. The Hall–Kier alpha value is -2.13. The van der Waals surface area contributed by atoms with Gasteiger partial charge in [0, 0.05) is 0 Å². The number of halogens is 1. The predicted molar refractivity (Wildman–Crippen MR) is 96.4 cm³/mol. The van der Waals surface area contributed by atoms with Gasteiger partial charge in [-0.15, -0.1) is 0 Å². The summed E-state index contributed by atoms with van der Waals surface area (Å²) in [6.07, 6.45) is 1.55. The highest BCUT2D eigenvalue weighted by molar-refractivity contribution is 9.10. The second kappa shape index (κ2) is 8.11. The van der Waals surface area contributed by atoms with E-state index < -0.39 is 5.97 Å². The lowest BCUT2D eigenvalue weighted by Gasteiger charge is -2.06. The normalized spacial score (nSPS) is 10.8. The number of carbonyl (C=O) groups is 1. The number of ether oxygens (including phenoxy) is 2. The third kappa shape index (κ3) is 4.24. The second-order valence-electron chi connectivity index (χ2n) is 4.58. The van der Waals surface area contributed by atoms with Crippen LogP contribution in [0.4, 0.5) is 5.13 Å². The summed E-state index contributed by atoms with van der Waals surface area (Å²) in [6, 6.07) is 3.34. The lowest BCUT2D eigenvalue weighted by Crippen LogP contribution is -2.03. The van der Waals surface area contributed by atoms with Gasteiger partial charge in [-0.05, 0) is 47.5 Å². The average molecular weight is 414 g/mol. The van der Waals surface area contributed by atoms with E-state index in [2.05, 4.69) is 31.4 Å². The highest BCUT2D eigenvalue weighted by Crippen LogP contribution is 2.34. The third-order valence-electron chi connectivity index (χ3n) is 2.90. The van der Waals surface area contributed by atoms with Gasteiger partial charge >= 0.3 is 5.97 Å². The quantitative estimate of drug-likeness (QED) is 0.427. The van der Waals surface area contributed by atoms with Crippen molar-refractivity contribution in [3.05, 3.63) is 32.7 Å². The van der Waals surface area contributed by atoms with Crippen LogP contribution in [0.25, 0.3) is 0 Å². The highest BCUT2D eigenvalue weighted by Gasteiger charge is 2.16. The Morgan fingerprint density at radius 1 is 1.54 bits per heavy atom. The van der Waals surface area contributed by atoms with E-state index in [1.807, 2.05) is 0 Å². The van der Waals surface area contributed by atoms with E-state index in [1.54, 1.807) is 32.2 Å². The number of benzene rings is 1. The molecule has 0 saturated heterocycles. The van der Waals surface area contributed by atoms with Crippen molar-refractivity contribution in [1.82, 2.24) is 4.98 Å². The van der Waals surface area contributed by atoms with Crippen molar-refractivity contribution in [2.75, 3.05) is 19.1 Å². The van der Waals surface area contributed by atoms with Crippen LogP contribution in [0.2, 0.25) is 0 Å². The maximum Gasteiger partial charge on any atom is 0.350 e. The number of phenols is 1. The first-order valence-corrected chi connectivity index (χ1v) is 8.57. The van der Waals surface area contributed by atoms with Crippen molar-refractivity contribution in [3.8, 4) is 11.5 Å². The smallest absolute Gasteiger partial charge is 0.350 e. The fourth-order valence-electron chi connectivity index (χ4n) is 1.82. The van der Waals surface area contributed by atoms with Crippen molar-refractivity contribution >= 4 is 44.6 Å². The second-order valence-corrected chi connectivity index (χ2v) is 6.43. The lowest BCUT2D eigenvalue weighted by molar-refractivity contribution is 0.0531. The maximum absolute atomic E-state index is 11.8. The SMILES string of the molecule is CCOC(=O)c1sc(N/N=C/c2cc(Br)c(O)c(OC)c2)nc1C. The first kappa shape index (κ1) is 18.2. The van der Waals surface area contributed by atoms with E-state index >= 15 is 0 Å². The fourth-order valence-corrected chi connectivity index (χ4v) is 3.09. The van der Waals surface area contributed by atoms with Crippen LogP contribution in [-0.4, -0.2) is 36.0 Å². The Bertz CT molecular complexity index is 776.